The molecule has 0 aromatic heterocycles. The molecule has 1 aliphatic rings. The van der Waals surface area contributed by atoms with Crippen molar-refractivity contribution in [2.75, 3.05) is 19.7 Å². The second kappa shape index (κ2) is 5.36. The lowest BCUT2D eigenvalue weighted by atomic mass is 9.75. The van der Waals surface area contributed by atoms with Crippen LogP contribution in [0.5, 0.6) is 0 Å². The number of alkyl halides is 6. The monoisotopic (exact) mass is 307 g/mol. The van der Waals surface area contributed by atoms with Gasteiger partial charge in [-0.3, -0.25) is 0 Å². The number of nitrogens with one attached hydrogen (secondary N) is 1. The number of halogens is 6. The van der Waals surface area contributed by atoms with Gasteiger partial charge in [-0.25, -0.2) is 0 Å². The Kier molecular flexibility index (Phi) is 4.71. The molecule has 0 bridgehead atoms. The van der Waals surface area contributed by atoms with Crippen LogP contribution in [0, 0.1) is 11.3 Å². The van der Waals surface area contributed by atoms with Crippen molar-refractivity contribution >= 4 is 0 Å². The normalized spacial score (nSPS) is 22.4. The smallest absolute Gasteiger partial charge is 0.357 e. The van der Waals surface area contributed by atoms with Crippen LogP contribution in [0.2, 0.25) is 0 Å². The lowest BCUT2D eigenvalue weighted by Gasteiger charge is -2.46. The number of ether oxygens (including phenoxy) is 1. The Morgan fingerprint density at radius 2 is 1.50 bits per heavy atom. The maximum absolute atomic E-state index is 13.2. The Balaban J connectivity index is 3.10. The lowest BCUT2D eigenvalue weighted by Crippen LogP contribution is -2.66. The van der Waals surface area contributed by atoms with Gasteiger partial charge in [0, 0.05) is 12.0 Å². The third-order valence-corrected chi connectivity index (χ3v) is 3.55. The molecule has 20 heavy (non-hydrogen) atoms. The summed E-state index contributed by atoms with van der Waals surface area (Å²) in [4.78, 5) is 0. The van der Waals surface area contributed by atoms with Crippen molar-refractivity contribution in [2.45, 2.75) is 45.1 Å². The second-order valence-electron chi connectivity index (χ2n) is 6.10. The van der Waals surface area contributed by atoms with E-state index in [4.69, 9.17) is 0 Å². The quantitative estimate of drug-likeness (QED) is 0.806. The minimum atomic E-state index is -5.53. The van der Waals surface area contributed by atoms with Crippen LogP contribution in [0.15, 0.2) is 0 Å². The molecule has 1 N–H and O–H groups in total. The molecule has 1 rings (SSSR count). The number of rotatable bonds is 3. The number of hydrogen-bond donors (Lipinski definition) is 1. The average molecular weight is 307 g/mol. The second-order valence-corrected chi connectivity index (χ2v) is 6.10. The van der Waals surface area contributed by atoms with E-state index in [1.165, 1.54) is 0 Å². The fraction of sp³-hybridized carbons (Fsp3) is 1.00. The SMILES string of the molecule is CC(C)(C)C(OCC1CCNC1)(C(F)(F)F)C(F)(F)F. The first kappa shape index (κ1) is 17.6. The fourth-order valence-electron chi connectivity index (χ4n) is 2.49. The van der Waals surface area contributed by atoms with E-state index in [-0.39, 0.29) is 5.92 Å². The van der Waals surface area contributed by atoms with Crippen molar-refractivity contribution in [2.24, 2.45) is 11.3 Å². The van der Waals surface area contributed by atoms with E-state index in [0.717, 1.165) is 20.8 Å². The molecule has 1 unspecified atom stereocenters. The van der Waals surface area contributed by atoms with Crippen LogP contribution >= 0.6 is 0 Å². The topological polar surface area (TPSA) is 21.3 Å². The summed E-state index contributed by atoms with van der Waals surface area (Å²) in [5.74, 6) is -0.332. The van der Waals surface area contributed by atoms with Gasteiger partial charge in [0.25, 0.3) is 5.60 Å². The molecular weight excluding hydrogens is 288 g/mol. The van der Waals surface area contributed by atoms with Crippen molar-refractivity contribution in [1.82, 2.24) is 5.32 Å². The largest absolute Gasteiger partial charge is 0.427 e. The van der Waals surface area contributed by atoms with E-state index in [9.17, 15) is 26.3 Å². The van der Waals surface area contributed by atoms with Crippen LogP contribution in [0.4, 0.5) is 26.3 Å². The third-order valence-electron chi connectivity index (χ3n) is 3.55. The van der Waals surface area contributed by atoms with E-state index in [0.29, 0.717) is 19.5 Å². The molecule has 2 nitrogen and oxygen atoms in total. The van der Waals surface area contributed by atoms with E-state index in [1.54, 1.807) is 0 Å². The van der Waals surface area contributed by atoms with E-state index in [1.807, 2.05) is 0 Å². The van der Waals surface area contributed by atoms with E-state index in [2.05, 4.69) is 10.1 Å². The summed E-state index contributed by atoms with van der Waals surface area (Å²) in [6.45, 7) is 3.05. The Morgan fingerprint density at radius 3 is 1.80 bits per heavy atom. The minimum absolute atomic E-state index is 0.332. The Labute approximate surface area is 113 Å². The van der Waals surface area contributed by atoms with Gasteiger partial charge in [0.1, 0.15) is 0 Å². The first-order valence-electron chi connectivity index (χ1n) is 6.31. The fourth-order valence-corrected chi connectivity index (χ4v) is 2.49. The van der Waals surface area contributed by atoms with Gasteiger partial charge in [0.2, 0.25) is 0 Å². The maximum Gasteiger partial charge on any atom is 0.427 e. The van der Waals surface area contributed by atoms with Gasteiger partial charge < -0.3 is 10.1 Å². The molecule has 0 aromatic carbocycles. The van der Waals surface area contributed by atoms with Crippen molar-refractivity contribution in [3.63, 3.8) is 0 Å². The summed E-state index contributed by atoms with van der Waals surface area (Å²) in [6.07, 6.45) is -10.6. The molecule has 0 radical (unpaired) electrons. The molecule has 8 heteroatoms. The average Bonchev–Trinajstić information content (AvgIpc) is 2.63. The molecule has 0 aliphatic carbocycles. The van der Waals surface area contributed by atoms with Crippen LogP contribution in [0.1, 0.15) is 27.2 Å². The minimum Gasteiger partial charge on any atom is -0.357 e. The maximum atomic E-state index is 13.2. The highest BCUT2D eigenvalue weighted by Gasteiger charge is 2.77. The summed E-state index contributed by atoms with van der Waals surface area (Å²) in [7, 11) is 0. The van der Waals surface area contributed by atoms with Crippen molar-refractivity contribution in [3.8, 4) is 0 Å². The number of hydrogen-bond acceptors (Lipinski definition) is 2. The van der Waals surface area contributed by atoms with E-state index >= 15 is 0 Å². The zero-order valence-corrected chi connectivity index (χ0v) is 11.6. The van der Waals surface area contributed by atoms with Crippen LogP contribution < -0.4 is 5.32 Å². The molecule has 1 aliphatic heterocycles. The molecule has 0 amide bonds. The predicted molar refractivity (Wildman–Crippen MR) is 61.2 cm³/mol. The van der Waals surface area contributed by atoms with Gasteiger partial charge in [0.15, 0.2) is 0 Å². The molecule has 1 heterocycles. The van der Waals surface area contributed by atoms with Crippen molar-refractivity contribution in [3.05, 3.63) is 0 Å². The van der Waals surface area contributed by atoms with Gasteiger partial charge in [-0.2, -0.15) is 26.3 Å². The summed E-state index contributed by atoms with van der Waals surface area (Å²) >= 11 is 0. The highest BCUT2D eigenvalue weighted by molar-refractivity contribution is 5.04. The molecule has 1 fully saturated rings. The Hall–Kier alpha value is -0.500. The zero-order valence-electron chi connectivity index (χ0n) is 11.6. The van der Waals surface area contributed by atoms with Crippen LogP contribution in [-0.2, 0) is 4.74 Å². The molecule has 0 spiro atoms. The summed E-state index contributed by atoms with van der Waals surface area (Å²) < 4.78 is 83.6. The summed E-state index contributed by atoms with van der Waals surface area (Å²) in [5, 5.41) is 2.88. The third kappa shape index (κ3) is 3.05. The molecule has 0 aromatic rings. The Bertz CT molecular complexity index is 288. The van der Waals surface area contributed by atoms with Crippen LogP contribution in [0.3, 0.4) is 0 Å². The summed E-state index contributed by atoms with van der Waals surface area (Å²) in [5.41, 5.74) is -6.31. The summed E-state index contributed by atoms with van der Waals surface area (Å²) in [6, 6.07) is 0. The molecule has 120 valence electrons. The lowest BCUT2D eigenvalue weighted by molar-refractivity contribution is -0.411. The van der Waals surface area contributed by atoms with Gasteiger partial charge in [0.05, 0.1) is 6.61 Å². The first-order chi connectivity index (χ1) is 8.83. The molecular formula is C12H19F6NO. The Morgan fingerprint density at radius 1 is 1.00 bits per heavy atom. The van der Waals surface area contributed by atoms with Gasteiger partial charge in [-0.05, 0) is 18.9 Å². The van der Waals surface area contributed by atoms with E-state index < -0.39 is 30.0 Å². The molecule has 1 saturated heterocycles. The van der Waals surface area contributed by atoms with Crippen molar-refractivity contribution < 1.29 is 31.1 Å². The predicted octanol–water partition coefficient (Wildman–Crippen LogP) is 3.52. The van der Waals surface area contributed by atoms with Gasteiger partial charge >= 0.3 is 12.4 Å². The van der Waals surface area contributed by atoms with Crippen molar-refractivity contribution in [1.29, 1.82) is 0 Å². The molecule has 0 saturated carbocycles. The van der Waals surface area contributed by atoms with Gasteiger partial charge in [-0.1, -0.05) is 20.8 Å². The van der Waals surface area contributed by atoms with Gasteiger partial charge in [-0.15, -0.1) is 0 Å². The van der Waals surface area contributed by atoms with Crippen LogP contribution in [-0.4, -0.2) is 37.7 Å². The zero-order chi connectivity index (χ0) is 15.8. The van der Waals surface area contributed by atoms with Crippen LogP contribution in [0.25, 0.3) is 0 Å². The highest BCUT2D eigenvalue weighted by atomic mass is 19.4. The molecule has 1 atom stereocenters. The highest BCUT2D eigenvalue weighted by Crippen LogP contribution is 2.55. The first-order valence-corrected chi connectivity index (χ1v) is 6.31. The standard InChI is InChI=1S/C12H19F6NO/c1-9(2,3)10(11(13,14)15,12(16,17)18)20-7-8-4-5-19-6-8/h8,19H,4-7H2,1-3H3.